The maximum Gasteiger partial charge on any atom is 0.306 e. The lowest BCUT2D eigenvalue weighted by molar-refractivity contribution is -0.167. The van der Waals surface area contributed by atoms with Gasteiger partial charge in [0, 0.05) is 19.3 Å². The molecule has 83 heavy (non-hydrogen) atoms. The molecule has 0 aromatic heterocycles. The van der Waals surface area contributed by atoms with E-state index in [2.05, 4.69) is 106 Å². The lowest BCUT2D eigenvalue weighted by Crippen LogP contribution is -2.30. The average molecular weight is 1160 g/mol. The first-order valence-corrected chi connectivity index (χ1v) is 36.1. The molecule has 0 fully saturated rings. The largest absolute Gasteiger partial charge is 0.462 e. The Balaban J connectivity index is 4.15. The molecule has 0 aliphatic heterocycles. The van der Waals surface area contributed by atoms with Crippen molar-refractivity contribution in [3.05, 3.63) is 85.1 Å². The van der Waals surface area contributed by atoms with Crippen LogP contribution in [0.25, 0.3) is 0 Å². The molecule has 0 N–H and O–H groups in total. The number of carbonyl (C=O) groups is 3. The number of carbonyl (C=O) groups excluding carboxylic acids is 3. The number of unbranched alkanes of at least 4 members (excludes halogenated alkanes) is 41. The van der Waals surface area contributed by atoms with Crippen LogP contribution in [0.5, 0.6) is 0 Å². The minimum atomic E-state index is -0.781. The van der Waals surface area contributed by atoms with E-state index in [0.29, 0.717) is 19.3 Å². The van der Waals surface area contributed by atoms with Crippen molar-refractivity contribution in [1.82, 2.24) is 0 Å². The quantitative estimate of drug-likeness (QED) is 0.0261. The number of hydrogen-bond donors (Lipinski definition) is 0. The van der Waals surface area contributed by atoms with Crippen molar-refractivity contribution in [1.29, 1.82) is 0 Å². The van der Waals surface area contributed by atoms with Gasteiger partial charge >= 0.3 is 17.9 Å². The molecule has 0 aromatic rings. The molecule has 0 saturated heterocycles. The number of esters is 3. The minimum Gasteiger partial charge on any atom is -0.462 e. The zero-order valence-corrected chi connectivity index (χ0v) is 55.2. The molecular formula is C77H136O6. The summed E-state index contributed by atoms with van der Waals surface area (Å²) in [5.74, 6) is -0.869. The van der Waals surface area contributed by atoms with Gasteiger partial charge in [-0.25, -0.2) is 0 Å². The zero-order chi connectivity index (χ0) is 59.9. The van der Waals surface area contributed by atoms with Crippen molar-refractivity contribution in [2.45, 2.75) is 374 Å². The SMILES string of the molecule is CC/C=C\C/C=C\C/C=C\C/C=C\CCCCCCCCCCCCCCCCCCCCCCC(=O)OCC(COC(=O)CCCCCCCCCCCCC)OC(=O)CCCCCCCC/C=C\C/C=C\C/C=C\CCCCCCC. The molecule has 0 heterocycles. The topological polar surface area (TPSA) is 78.9 Å². The Labute approximate surface area is 515 Å². The predicted molar refractivity (Wildman–Crippen MR) is 362 cm³/mol. The number of rotatable bonds is 66. The van der Waals surface area contributed by atoms with Gasteiger partial charge in [-0.2, -0.15) is 0 Å². The van der Waals surface area contributed by atoms with Gasteiger partial charge in [-0.3, -0.25) is 14.4 Å². The molecule has 1 atom stereocenters. The van der Waals surface area contributed by atoms with Gasteiger partial charge in [0.2, 0.25) is 0 Å². The molecule has 1 unspecified atom stereocenters. The van der Waals surface area contributed by atoms with Crippen molar-refractivity contribution in [2.75, 3.05) is 13.2 Å². The van der Waals surface area contributed by atoms with E-state index in [0.717, 1.165) is 103 Å². The molecule has 480 valence electrons. The fraction of sp³-hybridized carbons (Fsp3) is 0.779. The Morgan fingerprint density at radius 3 is 0.735 bits per heavy atom. The molecule has 0 radical (unpaired) electrons. The van der Waals surface area contributed by atoms with Crippen LogP contribution in [0.2, 0.25) is 0 Å². The summed E-state index contributed by atoms with van der Waals surface area (Å²) in [6, 6.07) is 0. The third kappa shape index (κ3) is 69.3. The number of allylic oxidation sites excluding steroid dienone is 14. The standard InChI is InChI=1S/C77H136O6/c1-4-7-10-13-16-19-22-24-26-28-30-32-33-34-35-36-37-38-39-40-41-42-43-45-46-48-50-52-55-58-61-64-67-70-76(79)82-73-74(72-81-75(78)69-66-63-60-57-54-21-18-15-12-9-6-3)83-77(80)71-68-65-62-59-56-53-51-49-47-44-31-29-27-25-23-20-17-14-11-8-5-2/h7,10,16,19,23-26,29-32,47,49,74H,4-6,8-9,11-15,17-18,20-22,27-28,33-46,48,50-73H2,1-3H3/b10-7-,19-16-,25-23-,26-24-,31-29-,32-30-,49-47-. The molecule has 0 aliphatic rings. The molecule has 0 aliphatic carbocycles. The van der Waals surface area contributed by atoms with Gasteiger partial charge in [-0.05, 0) is 96.3 Å². The van der Waals surface area contributed by atoms with E-state index in [-0.39, 0.29) is 31.1 Å². The second-order valence-electron chi connectivity index (χ2n) is 24.1. The molecule has 0 spiro atoms. The van der Waals surface area contributed by atoms with Crippen LogP contribution in [0.4, 0.5) is 0 Å². The summed E-state index contributed by atoms with van der Waals surface area (Å²) >= 11 is 0. The fourth-order valence-electron chi connectivity index (χ4n) is 10.5. The summed E-state index contributed by atoms with van der Waals surface area (Å²) < 4.78 is 17.0. The van der Waals surface area contributed by atoms with E-state index in [1.807, 2.05) is 0 Å². The van der Waals surface area contributed by atoms with Crippen LogP contribution in [0.3, 0.4) is 0 Å². The smallest absolute Gasteiger partial charge is 0.306 e. The third-order valence-corrected chi connectivity index (χ3v) is 15.9. The van der Waals surface area contributed by atoms with Gasteiger partial charge in [0.25, 0.3) is 0 Å². The van der Waals surface area contributed by atoms with Crippen molar-refractivity contribution >= 4 is 17.9 Å². The highest BCUT2D eigenvalue weighted by Crippen LogP contribution is 2.18. The van der Waals surface area contributed by atoms with Crippen LogP contribution in [0.15, 0.2) is 85.1 Å². The summed E-state index contributed by atoms with van der Waals surface area (Å²) in [4.78, 5) is 38.4. The Kier molecular flexibility index (Phi) is 68.2. The fourth-order valence-corrected chi connectivity index (χ4v) is 10.5. The molecule has 6 nitrogen and oxygen atoms in total. The first-order valence-electron chi connectivity index (χ1n) is 36.1. The van der Waals surface area contributed by atoms with Crippen molar-refractivity contribution < 1.29 is 28.6 Å². The summed E-state index contributed by atoms with van der Waals surface area (Å²) in [5.41, 5.74) is 0. The highest BCUT2D eigenvalue weighted by atomic mass is 16.6. The van der Waals surface area contributed by atoms with E-state index >= 15 is 0 Å². The first kappa shape index (κ1) is 79.6. The van der Waals surface area contributed by atoms with Crippen LogP contribution in [0.1, 0.15) is 367 Å². The maximum absolute atomic E-state index is 12.9. The second-order valence-corrected chi connectivity index (χ2v) is 24.1. The van der Waals surface area contributed by atoms with E-state index in [9.17, 15) is 14.4 Å². The Morgan fingerprint density at radius 2 is 0.470 bits per heavy atom. The van der Waals surface area contributed by atoms with E-state index in [1.54, 1.807) is 0 Å². The Hall–Kier alpha value is -3.41. The van der Waals surface area contributed by atoms with Crippen LogP contribution < -0.4 is 0 Å². The van der Waals surface area contributed by atoms with E-state index in [1.165, 1.54) is 225 Å². The molecule has 0 aromatic carbocycles. The molecular weight excluding hydrogens is 1020 g/mol. The maximum atomic E-state index is 12.9. The normalized spacial score (nSPS) is 12.6. The lowest BCUT2D eigenvalue weighted by atomic mass is 10.0. The van der Waals surface area contributed by atoms with Crippen LogP contribution >= 0.6 is 0 Å². The molecule has 0 bridgehead atoms. The van der Waals surface area contributed by atoms with Crippen LogP contribution in [0, 0.1) is 0 Å². The summed E-state index contributed by atoms with van der Waals surface area (Å²) in [5, 5.41) is 0. The predicted octanol–water partition coefficient (Wildman–Crippen LogP) is 25.0. The second kappa shape index (κ2) is 71.1. The molecule has 0 saturated carbocycles. The monoisotopic (exact) mass is 1160 g/mol. The molecule has 0 rings (SSSR count). The van der Waals surface area contributed by atoms with E-state index in [4.69, 9.17) is 14.2 Å². The number of hydrogen-bond acceptors (Lipinski definition) is 6. The van der Waals surface area contributed by atoms with Crippen LogP contribution in [-0.2, 0) is 28.6 Å². The Bertz CT molecular complexity index is 1570. The molecule has 6 heteroatoms. The van der Waals surface area contributed by atoms with Crippen molar-refractivity contribution in [2.24, 2.45) is 0 Å². The summed E-state index contributed by atoms with van der Waals surface area (Å²) in [7, 11) is 0. The zero-order valence-electron chi connectivity index (χ0n) is 55.2. The van der Waals surface area contributed by atoms with Crippen molar-refractivity contribution in [3.8, 4) is 0 Å². The Morgan fingerprint density at radius 1 is 0.253 bits per heavy atom. The number of ether oxygens (including phenoxy) is 3. The summed E-state index contributed by atoms with van der Waals surface area (Å²) in [6.07, 6.45) is 94.8. The highest BCUT2D eigenvalue weighted by molar-refractivity contribution is 5.71. The van der Waals surface area contributed by atoms with Crippen LogP contribution in [-0.4, -0.2) is 37.2 Å². The van der Waals surface area contributed by atoms with Crippen molar-refractivity contribution in [3.63, 3.8) is 0 Å². The van der Waals surface area contributed by atoms with Gasteiger partial charge < -0.3 is 14.2 Å². The molecule has 0 amide bonds. The van der Waals surface area contributed by atoms with E-state index < -0.39 is 6.10 Å². The first-order chi connectivity index (χ1) is 41.0. The van der Waals surface area contributed by atoms with Gasteiger partial charge in [0.15, 0.2) is 6.10 Å². The third-order valence-electron chi connectivity index (χ3n) is 15.9. The summed E-state index contributed by atoms with van der Waals surface area (Å²) in [6.45, 7) is 6.55. The average Bonchev–Trinajstić information content (AvgIpc) is 3.48. The van der Waals surface area contributed by atoms with Gasteiger partial charge in [-0.1, -0.05) is 337 Å². The highest BCUT2D eigenvalue weighted by Gasteiger charge is 2.19. The minimum absolute atomic E-state index is 0.0763. The van der Waals surface area contributed by atoms with Gasteiger partial charge in [-0.15, -0.1) is 0 Å². The lowest BCUT2D eigenvalue weighted by Gasteiger charge is -2.18. The van der Waals surface area contributed by atoms with Gasteiger partial charge in [0.1, 0.15) is 13.2 Å². The van der Waals surface area contributed by atoms with Gasteiger partial charge in [0.05, 0.1) is 0 Å².